The van der Waals surface area contributed by atoms with Gasteiger partial charge in [-0.2, -0.15) is 0 Å². The van der Waals surface area contributed by atoms with Crippen LogP contribution in [0.2, 0.25) is 0 Å². The van der Waals surface area contributed by atoms with E-state index in [4.69, 9.17) is 13.9 Å². The Morgan fingerprint density at radius 3 is 2.23 bits per heavy atom. The highest BCUT2D eigenvalue weighted by Gasteiger charge is 2.34. The number of carbonyl (C=O) groups excluding carboxylic acids is 2. The third-order valence-electron chi connectivity index (χ3n) is 4.30. The molecule has 2 aliphatic rings. The summed E-state index contributed by atoms with van der Waals surface area (Å²) in [6.45, 7) is 3.23. The summed E-state index contributed by atoms with van der Waals surface area (Å²) in [6.07, 6.45) is 2.47. The molecule has 154 valence electrons. The number of rotatable bonds is 7. The van der Waals surface area contributed by atoms with Crippen LogP contribution in [0.15, 0.2) is 58.7 Å². The van der Waals surface area contributed by atoms with Gasteiger partial charge in [-0.05, 0) is 37.6 Å². The molecule has 0 saturated heterocycles. The standard InChI is InChI=1S/C22H19NO7/c1-3-28-21(24)17(22(25)29-4-2)13-16-19(23(26)27)18(14-9-6-5-7-10-14)15-11-8-12-30-20(15)16/h5-13H,3-4H2,1-2H3. The molecular weight excluding hydrogens is 390 g/mol. The largest absolute Gasteiger partial charge is 0.463 e. The molecule has 0 spiro atoms. The molecule has 0 fully saturated rings. The van der Waals surface area contributed by atoms with E-state index in [0.29, 0.717) is 16.7 Å². The highest BCUT2D eigenvalue weighted by molar-refractivity contribution is 6.19. The first-order valence-electron chi connectivity index (χ1n) is 9.28. The van der Waals surface area contributed by atoms with Gasteiger partial charge in [0.25, 0.3) is 5.69 Å². The normalized spacial score (nSPS) is 10.5. The van der Waals surface area contributed by atoms with E-state index in [1.807, 2.05) is 0 Å². The van der Waals surface area contributed by atoms with Crippen molar-refractivity contribution in [2.45, 2.75) is 13.8 Å². The number of benzene rings is 1. The van der Waals surface area contributed by atoms with E-state index in [1.54, 1.807) is 56.3 Å². The van der Waals surface area contributed by atoms with E-state index in [2.05, 4.69) is 0 Å². The van der Waals surface area contributed by atoms with E-state index in [0.717, 1.165) is 6.08 Å². The topological polar surface area (TPSA) is 109 Å². The van der Waals surface area contributed by atoms with Crippen molar-refractivity contribution >= 4 is 23.7 Å². The fourth-order valence-electron chi connectivity index (χ4n) is 3.14. The van der Waals surface area contributed by atoms with Crippen LogP contribution in [0, 0.1) is 10.1 Å². The Kier molecular flexibility index (Phi) is 6.26. The van der Waals surface area contributed by atoms with Crippen molar-refractivity contribution in [3.05, 3.63) is 70.0 Å². The fraction of sp³-hybridized carbons (Fsp3) is 0.182. The minimum atomic E-state index is -0.934. The van der Waals surface area contributed by atoms with Crippen LogP contribution in [0.3, 0.4) is 0 Å². The Bertz CT molecular complexity index is 1060. The molecule has 30 heavy (non-hydrogen) atoms. The van der Waals surface area contributed by atoms with Crippen molar-refractivity contribution in [3.63, 3.8) is 0 Å². The van der Waals surface area contributed by atoms with Crippen molar-refractivity contribution in [1.29, 1.82) is 0 Å². The van der Waals surface area contributed by atoms with Gasteiger partial charge in [0.05, 0.1) is 35.5 Å². The first kappa shape index (κ1) is 20.8. The van der Waals surface area contributed by atoms with Gasteiger partial charge >= 0.3 is 11.9 Å². The van der Waals surface area contributed by atoms with Crippen molar-refractivity contribution in [1.82, 2.24) is 0 Å². The van der Waals surface area contributed by atoms with Crippen LogP contribution < -0.4 is 0 Å². The lowest BCUT2D eigenvalue weighted by atomic mass is 10.0. The molecule has 1 aliphatic heterocycles. The molecule has 0 bridgehead atoms. The minimum absolute atomic E-state index is 0.00874. The smallest absolute Gasteiger partial charge is 0.345 e. The van der Waals surface area contributed by atoms with Crippen molar-refractivity contribution in [2.75, 3.05) is 13.2 Å². The summed E-state index contributed by atoms with van der Waals surface area (Å²) in [6, 6.07) is 12.1. The summed E-state index contributed by atoms with van der Waals surface area (Å²) >= 11 is 0. The predicted molar refractivity (Wildman–Crippen MR) is 109 cm³/mol. The molecule has 0 saturated carbocycles. The molecule has 8 heteroatoms. The third kappa shape index (κ3) is 3.93. The van der Waals surface area contributed by atoms with Crippen LogP contribution >= 0.6 is 0 Å². The maximum absolute atomic E-state index is 12.4. The van der Waals surface area contributed by atoms with Crippen LogP contribution in [-0.2, 0) is 19.1 Å². The lowest BCUT2D eigenvalue weighted by Crippen LogP contribution is -2.18. The zero-order valence-electron chi connectivity index (χ0n) is 16.4. The number of fused-ring (bicyclic) bond motifs is 1. The van der Waals surface area contributed by atoms with Crippen molar-refractivity contribution in [3.8, 4) is 22.5 Å². The Morgan fingerprint density at radius 1 is 1.03 bits per heavy atom. The highest BCUT2D eigenvalue weighted by Crippen LogP contribution is 2.48. The number of nitrogens with zero attached hydrogens (tertiary/aromatic N) is 1. The van der Waals surface area contributed by atoms with Gasteiger partial charge in [0.1, 0.15) is 11.3 Å². The first-order valence-corrected chi connectivity index (χ1v) is 9.28. The second kappa shape index (κ2) is 9.04. The van der Waals surface area contributed by atoms with E-state index in [1.165, 1.54) is 6.26 Å². The number of ether oxygens (including phenoxy) is 2. The molecule has 8 nitrogen and oxygen atoms in total. The average Bonchev–Trinajstić information content (AvgIpc) is 3.07. The van der Waals surface area contributed by atoms with Gasteiger partial charge < -0.3 is 13.9 Å². The molecule has 0 atom stereocenters. The van der Waals surface area contributed by atoms with Gasteiger partial charge in [-0.25, -0.2) is 9.59 Å². The zero-order chi connectivity index (χ0) is 21.7. The highest BCUT2D eigenvalue weighted by atomic mass is 16.6. The Balaban J connectivity index is 2.33. The van der Waals surface area contributed by atoms with E-state index in [-0.39, 0.29) is 30.2 Å². The van der Waals surface area contributed by atoms with Crippen molar-refractivity contribution in [2.24, 2.45) is 0 Å². The maximum atomic E-state index is 12.4. The summed E-state index contributed by atoms with van der Waals surface area (Å²) in [5.74, 6) is -1.69. The number of esters is 2. The molecule has 1 heterocycles. The lowest BCUT2D eigenvalue weighted by Gasteiger charge is -2.06. The minimum Gasteiger partial charge on any atom is -0.463 e. The molecule has 1 aromatic rings. The van der Waals surface area contributed by atoms with Crippen LogP contribution in [-0.4, -0.2) is 30.1 Å². The Morgan fingerprint density at radius 2 is 1.67 bits per heavy atom. The number of hydrogen-bond acceptors (Lipinski definition) is 7. The Hall–Kier alpha value is -3.94. The van der Waals surface area contributed by atoms with Crippen molar-refractivity contribution < 1.29 is 28.4 Å². The number of carbonyl (C=O) groups is 2. The summed E-state index contributed by atoms with van der Waals surface area (Å²) < 4.78 is 15.4. The predicted octanol–water partition coefficient (Wildman–Crippen LogP) is 4.47. The third-order valence-corrected chi connectivity index (χ3v) is 4.30. The number of nitro groups is 1. The summed E-state index contributed by atoms with van der Waals surface area (Å²) in [5.41, 5.74) is 0.672. The number of hydrogen-bond donors (Lipinski definition) is 0. The fourth-order valence-corrected chi connectivity index (χ4v) is 3.14. The van der Waals surface area contributed by atoms with Crippen LogP contribution in [0.1, 0.15) is 19.4 Å². The SMILES string of the molecule is CCOC(=O)C(=Cc1c2occcc-2c(-c2ccccc2)c1[N+](=O)[O-])C(=O)OCC. The molecule has 0 unspecified atom stereocenters. The summed E-state index contributed by atoms with van der Waals surface area (Å²) in [4.78, 5) is 36.2. The van der Waals surface area contributed by atoms with Gasteiger partial charge in [0, 0.05) is 5.56 Å². The van der Waals surface area contributed by atoms with Gasteiger partial charge in [-0.15, -0.1) is 0 Å². The molecule has 1 aliphatic carbocycles. The lowest BCUT2D eigenvalue weighted by molar-refractivity contribution is -0.384. The molecular formula is C22H19NO7. The monoisotopic (exact) mass is 409 g/mol. The van der Waals surface area contributed by atoms with Crippen LogP contribution in [0.4, 0.5) is 5.69 Å². The first-order chi connectivity index (χ1) is 14.5. The second-order valence-corrected chi connectivity index (χ2v) is 6.12. The van der Waals surface area contributed by atoms with E-state index < -0.39 is 22.4 Å². The molecule has 0 N–H and O–H groups in total. The molecule has 0 radical (unpaired) electrons. The van der Waals surface area contributed by atoms with Gasteiger partial charge in [-0.3, -0.25) is 10.1 Å². The Labute approximate surface area is 172 Å². The van der Waals surface area contributed by atoms with Crippen LogP contribution in [0.5, 0.6) is 0 Å². The quantitative estimate of drug-likeness (QED) is 0.141. The maximum Gasteiger partial charge on any atom is 0.345 e. The van der Waals surface area contributed by atoms with E-state index in [9.17, 15) is 19.7 Å². The van der Waals surface area contributed by atoms with Crippen LogP contribution in [0.25, 0.3) is 28.5 Å². The molecule has 3 rings (SSSR count). The molecule has 0 amide bonds. The average molecular weight is 409 g/mol. The molecule has 0 aromatic heterocycles. The van der Waals surface area contributed by atoms with Gasteiger partial charge in [0.15, 0.2) is 0 Å². The summed E-state index contributed by atoms with van der Waals surface area (Å²) in [7, 11) is 0. The molecule has 1 aromatic carbocycles. The van der Waals surface area contributed by atoms with Gasteiger partial charge in [-0.1, -0.05) is 30.3 Å². The second-order valence-electron chi connectivity index (χ2n) is 6.12. The zero-order valence-corrected chi connectivity index (χ0v) is 16.4. The van der Waals surface area contributed by atoms with Gasteiger partial charge in [0.2, 0.25) is 0 Å². The summed E-state index contributed by atoms with van der Waals surface area (Å²) in [5, 5.41) is 12.1. The van der Waals surface area contributed by atoms with E-state index >= 15 is 0 Å².